The molecule has 5 heteroatoms. The summed E-state index contributed by atoms with van der Waals surface area (Å²) >= 11 is 1.53. The van der Waals surface area contributed by atoms with E-state index in [9.17, 15) is 4.39 Å². The lowest BCUT2D eigenvalue weighted by molar-refractivity contribution is 0.620. The molecule has 0 fully saturated rings. The highest BCUT2D eigenvalue weighted by Crippen LogP contribution is 2.19. The van der Waals surface area contributed by atoms with Gasteiger partial charge in [0.2, 0.25) is 0 Å². The minimum Gasteiger partial charge on any atom is -0.381 e. The van der Waals surface area contributed by atoms with E-state index < -0.39 is 5.82 Å². The Morgan fingerprint density at radius 1 is 1.46 bits per heavy atom. The van der Waals surface area contributed by atoms with Crippen LogP contribution < -0.4 is 5.73 Å². The van der Waals surface area contributed by atoms with Crippen molar-refractivity contribution in [3.8, 4) is 11.4 Å². The van der Waals surface area contributed by atoms with E-state index in [1.54, 1.807) is 0 Å². The Morgan fingerprint density at radius 3 is 2.92 bits per heavy atom. The van der Waals surface area contributed by atoms with Gasteiger partial charge in [0.1, 0.15) is 0 Å². The fraction of sp³-hybridized carbons (Fsp3) is 0. The summed E-state index contributed by atoms with van der Waals surface area (Å²) in [5, 5.41) is 3.78. The Kier molecular flexibility index (Phi) is 1.94. The molecule has 0 amide bonds. The molecule has 0 atom stereocenters. The minimum atomic E-state index is -0.584. The summed E-state index contributed by atoms with van der Waals surface area (Å²) in [4.78, 5) is 7.64. The summed E-state index contributed by atoms with van der Waals surface area (Å²) in [6.45, 7) is 0. The van der Waals surface area contributed by atoms with Crippen molar-refractivity contribution in [2.75, 3.05) is 5.73 Å². The Bertz CT molecular complexity index is 413. The molecule has 2 aromatic rings. The van der Waals surface area contributed by atoms with Gasteiger partial charge in [0.15, 0.2) is 17.5 Å². The molecule has 2 heterocycles. The summed E-state index contributed by atoms with van der Waals surface area (Å²) in [6, 6.07) is 1.86. The summed E-state index contributed by atoms with van der Waals surface area (Å²) in [6.07, 6.45) is 1.08. The van der Waals surface area contributed by atoms with Gasteiger partial charge in [-0.05, 0) is 11.4 Å². The van der Waals surface area contributed by atoms with Crippen molar-refractivity contribution in [3.05, 3.63) is 28.8 Å². The van der Waals surface area contributed by atoms with Crippen LogP contribution in [0, 0.1) is 5.82 Å². The summed E-state index contributed by atoms with van der Waals surface area (Å²) in [7, 11) is 0. The van der Waals surface area contributed by atoms with E-state index in [0.29, 0.717) is 5.82 Å². The fourth-order valence-corrected chi connectivity index (χ4v) is 1.55. The molecular formula is C8H6FN3S. The average Bonchev–Trinajstić information content (AvgIpc) is 2.62. The molecule has 2 N–H and O–H groups in total. The first kappa shape index (κ1) is 8.12. The molecule has 0 saturated carbocycles. The van der Waals surface area contributed by atoms with Crippen molar-refractivity contribution < 1.29 is 4.39 Å². The second kappa shape index (κ2) is 3.10. The molecule has 0 aromatic carbocycles. The zero-order valence-corrected chi connectivity index (χ0v) is 7.38. The van der Waals surface area contributed by atoms with Crippen LogP contribution in [-0.4, -0.2) is 9.97 Å². The van der Waals surface area contributed by atoms with Crippen LogP contribution in [0.3, 0.4) is 0 Å². The van der Waals surface area contributed by atoms with Crippen molar-refractivity contribution in [3.63, 3.8) is 0 Å². The van der Waals surface area contributed by atoms with Crippen molar-refractivity contribution >= 4 is 17.2 Å². The van der Waals surface area contributed by atoms with Gasteiger partial charge in [-0.2, -0.15) is 11.3 Å². The standard InChI is InChI=1S/C8H6FN3S/c9-6-3-11-8(12-7(6)10)5-1-2-13-4-5/h1-4H,(H2,10,11,12). The third-order valence-corrected chi connectivity index (χ3v) is 2.23. The maximum atomic E-state index is 12.7. The SMILES string of the molecule is Nc1nc(-c2ccsc2)ncc1F. The number of nitrogens with two attached hydrogens (primary N) is 1. The third-order valence-electron chi connectivity index (χ3n) is 1.55. The lowest BCUT2D eigenvalue weighted by atomic mass is 10.3. The Morgan fingerprint density at radius 2 is 2.31 bits per heavy atom. The molecule has 3 nitrogen and oxygen atoms in total. The zero-order chi connectivity index (χ0) is 9.26. The van der Waals surface area contributed by atoms with Crippen LogP contribution in [-0.2, 0) is 0 Å². The molecule has 0 aliphatic rings. The first-order chi connectivity index (χ1) is 6.27. The Balaban J connectivity index is 2.49. The van der Waals surface area contributed by atoms with Gasteiger partial charge in [0, 0.05) is 10.9 Å². The average molecular weight is 195 g/mol. The van der Waals surface area contributed by atoms with E-state index in [4.69, 9.17) is 5.73 Å². The molecule has 0 aliphatic heterocycles. The Hall–Kier alpha value is -1.49. The quantitative estimate of drug-likeness (QED) is 0.756. The first-order valence-corrected chi connectivity index (χ1v) is 4.52. The topological polar surface area (TPSA) is 51.8 Å². The number of hydrogen-bond donors (Lipinski definition) is 1. The van der Waals surface area contributed by atoms with E-state index in [0.717, 1.165) is 11.8 Å². The van der Waals surface area contributed by atoms with Crippen LogP contribution in [0.1, 0.15) is 0 Å². The van der Waals surface area contributed by atoms with Gasteiger partial charge in [0.05, 0.1) is 6.20 Å². The van der Waals surface area contributed by atoms with E-state index in [-0.39, 0.29) is 5.82 Å². The molecule has 0 saturated heterocycles. The van der Waals surface area contributed by atoms with Crippen LogP contribution in [0.5, 0.6) is 0 Å². The van der Waals surface area contributed by atoms with Crippen molar-refractivity contribution in [1.29, 1.82) is 0 Å². The van der Waals surface area contributed by atoms with E-state index in [1.165, 1.54) is 11.3 Å². The lowest BCUT2D eigenvalue weighted by Gasteiger charge is -1.97. The number of nitrogens with zero attached hydrogens (tertiary/aromatic N) is 2. The number of thiophene rings is 1. The predicted molar refractivity (Wildman–Crippen MR) is 49.7 cm³/mol. The van der Waals surface area contributed by atoms with Gasteiger partial charge in [-0.1, -0.05) is 0 Å². The van der Waals surface area contributed by atoms with Crippen LogP contribution in [0.15, 0.2) is 23.0 Å². The molecule has 0 aliphatic carbocycles. The molecule has 66 valence electrons. The molecule has 0 radical (unpaired) electrons. The molecule has 2 rings (SSSR count). The van der Waals surface area contributed by atoms with Crippen LogP contribution in [0.25, 0.3) is 11.4 Å². The molecular weight excluding hydrogens is 189 g/mol. The number of nitrogen functional groups attached to an aromatic ring is 1. The molecule has 0 spiro atoms. The normalized spacial score (nSPS) is 10.2. The number of aromatic nitrogens is 2. The van der Waals surface area contributed by atoms with Gasteiger partial charge in [-0.15, -0.1) is 0 Å². The number of halogens is 1. The van der Waals surface area contributed by atoms with E-state index in [1.807, 2.05) is 16.8 Å². The zero-order valence-electron chi connectivity index (χ0n) is 6.57. The highest BCUT2D eigenvalue weighted by atomic mass is 32.1. The van der Waals surface area contributed by atoms with Crippen molar-refractivity contribution in [2.45, 2.75) is 0 Å². The van der Waals surface area contributed by atoms with Gasteiger partial charge in [0.25, 0.3) is 0 Å². The highest BCUT2D eigenvalue weighted by molar-refractivity contribution is 7.08. The fourth-order valence-electron chi connectivity index (χ4n) is 0.911. The predicted octanol–water partition coefficient (Wildman–Crippen LogP) is 1.93. The van der Waals surface area contributed by atoms with E-state index in [2.05, 4.69) is 9.97 Å². The molecule has 2 aromatic heterocycles. The third kappa shape index (κ3) is 1.50. The summed E-state index contributed by atoms with van der Waals surface area (Å²) in [5.41, 5.74) is 6.16. The molecule has 0 unspecified atom stereocenters. The molecule has 0 bridgehead atoms. The maximum absolute atomic E-state index is 12.7. The van der Waals surface area contributed by atoms with Gasteiger partial charge in [-0.25, -0.2) is 14.4 Å². The van der Waals surface area contributed by atoms with Gasteiger partial charge in [-0.3, -0.25) is 0 Å². The van der Waals surface area contributed by atoms with Crippen molar-refractivity contribution in [1.82, 2.24) is 9.97 Å². The van der Waals surface area contributed by atoms with Crippen LogP contribution in [0.2, 0.25) is 0 Å². The van der Waals surface area contributed by atoms with Gasteiger partial charge >= 0.3 is 0 Å². The largest absolute Gasteiger partial charge is 0.381 e. The lowest BCUT2D eigenvalue weighted by Crippen LogP contribution is -1.98. The van der Waals surface area contributed by atoms with Crippen LogP contribution >= 0.6 is 11.3 Å². The smallest absolute Gasteiger partial charge is 0.183 e. The molecule has 13 heavy (non-hydrogen) atoms. The minimum absolute atomic E-state index is 0.115. The van der Waals surface area contributed by atoms with Gasteiger partial charge < -0.3 is 5.73 Å². The second-order valence-corrected chi connectivity index (χ2v) is 3.22. The van der Waals surface area contributed by atoms with E-state index >= 15 is 0 Å². The first-order valence-electron chi connectivity index (χ1n) is 3.58. The number of hydrogen-bond acceptors (Lipinski definition) is 4. The summed E-state index contributed by atoms with van der Waals surface area (Å²) < 4.78 is 12.7. The Labute approximate surface area is 78.1 Å². The second-order valence-electron chi connectivity index (χ2n) is 2.44. The number of anilines is 1. The van der Waals surface area contributed by atoms with Crippen molar-refractivity contribution in [2.24, 2.45) is 0 Å². The number of rotatable bonds is 1. The summed E-state index contributed by atoms with van der Waals surface area (Å²) in [5.74, 6) is -0.240. The monoisotopic (exact) mass is 195 g/mol. The maximum Gasteiger partial charge on any atom is 0.183 e. The van der Waals surface area contributed by atoms with Crippen LogP contribution in [0.4, 0.5) is 10.2 Å². The highest BCUT2D eigenvalue weighted by Gasteiger charge is 2.05.